The zero-order valence-electron chi connectivity index (χ0n) is 13.1. The van der Waals surface area contributed by atoms with Gasteiger partial charge in [0, 0.05) is 12.6 Å². The van der Waals surface area contributed by atoms with Gasteiger partial charge in [-0.15, -0.1) is 11.3 Å². The number of methoxy groups -OCH3 is 1. The zero-order valence-corrected chi connectivity index (χ0v) is 13.9. The van der Waals surface area contributed by atoms with Gasteiger partial charge in [-0.25, -0.2) is 9.78 Å². The van der Waals surface area contributed by atoms with Crippen molar-refractivity contribution in [3.8, 4) is 10.4 Å². The first-order chi connectivity index (χ1) is 11.2. The maximum Gasteiger partial charge on any atom is 0.337 e. The summed E-state index contributed by atoms with van der Waals surface area (Å²) in [6.45, 7) is 2.09. The Bertz CT molecular complexity index is 821. The third kappa shape index (κ3) is 3.66. The SMILES string of the molecule is COC(=O)c1ccc(Cc2ncc(-c3cccc(C)c3)s2)cc1. The molecular formula is C19H17NO2S. The maximum atomic E-state index is 11.4. The molecule has 1 aromatic heterocycles. The summed E-state index contributed by atoms with van der Waals surface area (Å²) in [5.74, 6) is -0.312. The van der Waals surface area contributed by atoms with Crippen LogP contribution in [0.25, 0.3) is 10.4 Å². The summed E-state index contributed by atoms with van der Waals surface area (Å²) in [4.78, 5) is 17.1. The average molecular weight is 323 g/mol. The first-order valence-electron chi connectivity index (χ1n) is 7.35. The predicted molar refractivity (Wildman–Crippen MR) is 92.9 cm³/mol. The van der Waals surface area contributed by atoms with E-state index in [9.17, 15) is 4.79 Å². The van der Waals surface area contributed by atoms with Crippen molar-refractivity contribution in [3.63, 3.8) is 0 Å². The number of nitrogens with zero attached hydrogens (tertiary/aromatic N) is 1. The number of carbonyl (C=O) groups excluding carboxylic acids is 1. The van der Waals surface area contributed by atoms with Gasteiger partial charge in [-0.2, -0.15) is 0 Å². The molecule has 0 aliphatic rings. The van der Waals surface area contributed by atoms with Gasteiger partial charge in [-0.1, -0.05) is 42.0 Å². The third-order valence-electron chi connectivity index (χ3n) is 3.59. The van der Waals surface area contributed by atoms with Crippen LogP contribution in [0.2, 0.25) is 0 Å². The Morgan fingerprint density at radius 3 is 2.65 bits per heavy atom. The highest BCUT2D eigenvalue weighted by Gasteiger charge is 2.08. The summed E-state index contributed by atoms with van der Waals surface area (Å²) >= 11 is 1.70. The van der Waals surface area contributed by atoms with E-state index in [1.165, 1.54) is 23.1 Å². The van der Waals surface area contributed by atoms with Crippen LogP contribution < -0.4 is 0 Å². The second-order valence-corrected chi connectivity index (χ2v) is 6.47. The fourth-order valence-electron chi connectivity index (χ4n) is 2.37. The smallest absolute Gasteiger partial charge is 0.337 e. The monoisotopic (exact) mass is 323 g/mol. The minimum atomic E-state index is -0.312. The molecule has 0 bridgehead atoms. The van der Waals surface area contributed by atoms with Crippen LogP contribution in [0.1, 0.15) is 26.5 Å². The van der Waals surface area contributed by atoms with Crippen molar-refractivity contribution in [1.82, 2.24) is 4.98 Å². The number of hydrogen-bond donors (Lipinski definition) is 0. The van der Waals surface area contributed by atoms with Crippen molar-refractivity contribution >= 4 is 17.3 Å². The van der Waals surface area contributed by atoms with E-state index in [-0.39, 0.29) is 5.97 Å². The fraction of sp³-hybridized carbons (Fsp3) is 0.158. The number of esters is 1. The van der Waals surface area contributed by atoms with Crippen molar-refractivity contribution in [2.75, 3.05) is 7.11 Å². The molecule has 3 nitrogen and oxygen atoms in total. The summed E-state index contributed by atoms with van der Waals surface area (Å²) in [5.41, 5.74) is 4.14. The molecule has 0 aliphatic carbocycles. The number of aromatic nitrogens is 1. The van der Waals surface area contributed by atoms with E-state index in [2.05, 4.69) is 36.2 Å². The molecule has 0 radical (unpaired) electrons. The minimum absolute atomic E-state index is 0.312. The lowest BCUT2D eigenvalue weighted by molar-refractivity contribution is 0.0600. The van der Waals surface area contributed by atoms with Crippen LogP contribution in [0.5, 0.6) is 0 Å². The van der Waals surface area contributed by atoms with E-state index in [1.54, 1.807) is 23.5 Å². The molecule has 4 heteroatoms. The molecule has 3 rings (SSSR count). The molecule has 0 saturated carbocycles. The molecule has 116 valence electrons. The summed E-state index contributed by atoms with van der Waals surface area (Å²) in [6.07, 6.45) is 2.69. The molecule has 0 amide bonds. The normalized spacial score (nSPS) is 10.5. The number of thiazole rings is 1. The lowest BCUT2D eigenvalue weighted by atomic mass is 10.1. The van der Waals surface area contributed by atoms with Gasteiger partial charge in [0.05, 0.1) is 22.6 Å². The standard InChI is InChI=1S/C19H17NO2S/c1-13-4-3-5-16(10-13)17-12-20-18(23-17)11-14-6-8-15(9-7-14)19(21)22-2/h3-10,12H,11H2,1-2H3. The number of ether oxygens (including phenoxy) is 1. The van der Waals surface area contributed by atoms with Gasteiger partial charge in [-0.3, -0.25) is 0 Å². The van der Waals surface area contributed by atoms with Gasteiger partial charge in [-0.05, 0) is 30.2 Å². The summed E-state index contributed by atoms with van der Waals surface area (Å²) in [6, 6.07) is 15.9. The van der Waals surface area contributed by atoms with Crippen LogP contribution in [0, 0.1) is 6.92 Å². The number of benzene rings is 2. The maximum absolute atomic E-state index is 11.4. The Labute approximate surface area is 139 Å². The van der Waals surface area contributed by atoms with E-state index in [4.69, 9.17) is 4.74 Å². The summed E-state index contributed by atoms with van der Waals surface area (Å²) in [5, 5.41) is 1.06. The molecular weight excluding hydrogens is 306 g/mol. The van der Waals surface area contributed by atoms with Gasteiger partial charge in [0.2, 0.25) is 0 Å². The number of aryl methyl sites for hydroxylation is 1. The fourth-order valence-corrected chi connectivity index (χ4v) is 3.32. The van der Waals surface area contributed by atoms with Gasteiger partial charge >= 0.3 is 5.97 Å². The van der Waals surface area contributed by atoms with E-state index in [1.807, 2.05) is 18.3 Å². The summed E-state index contributed by atoms with van der Waals surface area (Å²) in [7, 11) is 1.39. The lowest BCUT2D eigenvalue weighted by Gasteiger charge is -2.01. The first kappa shape index (κ1) is 15.4. The molecule has 0 spiro atoms. The van der Waals surface area contributed by atoms with E-state index in [0.717, 1.165) is 17.0 Å². The van der Waals surface area contributed by atoms with Gasteiger partial charge in [0.15, 0.2) is 0 Å². The molecule has 23 heavy (non-hydrogen) atoms. The first-order valence-corrected chi connectivity index (χ1v) is 8.16. The molecule has 0 aliphatic heterocycles. The highest BCUT2D eigenvalue weighted by molar-refractivity contribution is 7.15. The third-order valence-corrected chi connectivity index (χ3v) is 4.63. The molecule has 0 N–H and O–H groups in total. The Morgan fingerprint density at radius 1 is 1.17 bits per heavy atom. The highest BCUT2D eigenvalue weighted by Crippen LogP contribution is 2.28. The number of rotatable bonds is 4. The van der Waals surface area contributed by atoms with Gasteiger partial charge in [0.25, 0.3) is 0 Å². The van der Waals surface area contributed by atoms with E-state index >= 15 is 0 Å². The second-order valence-electron chi connectivity index (χ2n) is 5.35. The zero-order chi connectivity index (χ0) is 16.2. The Morgan fingerprint density at radius 2 is 1.96 bits per heavy atom. The second kappa shape index (κ2) is 6.75. The van der Waals surface area contributed by atoms with Gasteiger partial charge in [0.1, 0.15) is 0 Å². The van der Waals surface area contributed by atoms with Crippen molar-refractivity contribution in [1.29, 1.82) is 0 Å². The molecule has 2 aromatic carbocycles. The Balaban J connectivity index is 1.75. The Hall–Kier alpha value is -2.46. The molecule has 1 heterocycles. The topological polar surface area (TPSA) is 39.2 Å². The van der Waals surface area contributed by atoms with Crippen LogP contribution >= 0.6 is 11.3 Å². The van der Waals surface area contributed by atoms with Crippen LogP contribution in [-0.4, -0.2) is 18.1 Å². The van der Waals surface area contributed by atoms with Crippen LogP contribution in [0.4, 0.5) is 0 Å². The molecule has 0 saturated heterocycles. The quantitative estimate of drug-likeness (QED) is 0.664. The number of carbonyl (C=O) groups is 1. The van der Waals surface area contributed by atoms with E-state index < -0.39 is 0 Å². The molecule has 0 fully saturated rings. The minimum Gasteiger partial charge on any atom is -0.465 e. The van der Waals surface area contributed by atoms with Crippen molar-refractivity contribution in [2.45, 2.75) is 13.3 Å². The lowest BCUT2D eigenvalue weighted by Crippen LogP contribution is -2.00. The predicted octanol–water partition coefficient (Wildman–Crippen LogP) is 4.50. The largest absolute Gasteiger partial charge is 0.465 e. The van der Waals surface area contributed by atoms with Crippen molar-refractivity contribution in [3.05, 3.63) is 76.4 Å². The number of hydrogen-bond acceptors (Lipinski definition) is 4. The van der Waals surface area contributed by atoms with Crippen LogP contribution in [0.3, 0.4) is 0 Å². The Kier molecular flexibility index (Phi) is 4.53. The molecule has 0 atom stereocenters. The van der Waals surface area contributed by atoms with Crippen molar-refractivity contribution in [2.24, 2.45) is 0 Å². The average Bonchev–Trinajstić information content (AvgIpc) is 3.03. The van der Waals surface area contributed by atoms with Crippen molar-refractivity contribution < 1.29 is 9.53 Å². The summed E-state index contributed by atoms with van der Waals surface area (Å²) < 4.78 is 4.71. The van der Waals surface area contributed by atoms with Gasteiger partial charge < -0.3 is 4.74 Å². The highest BCUT2D eigenvalue weighted by atomic mass is 32.1. The molecule has 0 unspecified atom stereocenters. The van der Waals surface area contributed by atoms with Crippen LogP contribution in [0.15, 0.2) is 54.7 Å². The van der Waals surface area contributed by atoms with Crippen LogP contribution in [-0.2, 0) is 11.2 Å². The van der Waals surface area contributed by atoms with E-state index in [0.29, 0.717) is 5.56 Å². The molecule has 3 aromatic rings.